The van der Waals surface area contributed by atoms with Gasteiger partial charge in [-0.1, -0.05) is 38.1 Å². The first-order valence-corrected chi connectivity index (χ1v) is 10.2. The van der Waals surface area contributed by atoms with Crippen molar-refractivity contribution < 1.29 is 14.3 Å². The van der Waals surface area contributed by atoms with Crippen LogP contribution in [0.2, 0.25) is 0 Å². The Hall–Kier alpha value is -1.81. The quantitative estimate of drug-likeness (QED) is 0.725. The molecule has 0 spiro atoms. The summed E-state index contributed by atoms with van der Waals surface area (Å²) in [5.74, 6) is 1.52. The van der Waals surface area contributed by atoms with Crippen LogP contribution in [0.1, 0.15) is 50.7 Å². The smallest absolute Gasteiger partial charge is 0.241 e. The molecule has 0 bridgehead atoms. The van der Waals surface area contributed by atoms with Gasteiger partial charge in [0.2, 0.25) is 5.91 Å². The third kappa shape index (κ3) is 3.64. The molecule has 1 aliphatic carbocycles. The van der Waals surface area contributed by atoms with E-state index in [1.165, 1.54) is 5.56 Å². The van der Waals surface area contributed by atoms with E-state index in [4.69, 9.17) is 9.47 Å². The zero-order valence-corrected chi connectivity index (χ0v) is 17.2. The lowest BCUT2D eigenvalue weighted by Gasteiger charge is -2.42. The maximum absolute atomic E-state index is 14.1. The number of hydrogen-bond donors (Lipinski definition) is 0. The highest BCUT2D eigenvalue weighted by Crippen LogP contribution is 2.45. The molecule has 2 atom stereocenters. The Morgan fingerprint density at radius 2 is 2.07 bits per heavy atom. The molecule has 2 aliphatic rings. The number of amides is 1. The van der Waals surface area contributed by atoms with E-state index in [1.54, 1.807) is 14.2 Å². The van der Waals surface area contributed by atoms with E-state index >= 15 is 0 Å². The van der Waals surface area contributed by atoms with Gasteiger partial charge in [-0.25, -0.2) is 0 Å². The largest absolute Gasteiger partial charge is 0.500 e. The fourth-order valence-corrected chi connectivity index (χ4v) is 4.69. The number of hydrogen-bond acceptors (Lipinski definition) is 3. The van der Waals surface area contributed by atoms with Crippen LogP contribution in [-0.2, 0) is 26.1 Å². The van der Waals surface area contributed by atoms with Crippen LogP contribution in [0.15, 0.2) is 36.1 Å². The molecule has 4 heteroatoms. The molecular weight excluding hydrogens is 338 g/mol. The van der Waals surface area contributed by atoms with Crippen molar-refractivity contribution in [3.8, 4) is 0 Å². The molecule has 1 amide bonds. The van der Waals surface area contributed by atoms with E-state index < -0.39 is 5.41 Å². The van der Waals surface area contributed by atoms with Crippen LogP contribution in [0, 0.1) is 5.92 Å². The Kier molecular flexibility index (Phi) is 6.25. The first kappa shape index (κ1) is 19.9. The average molecular weight is 372 g/mol. The van der Waals surface area contributed by atoms with Gasteiger partial charge in [-0.2, -0.15) is 0 Å². The minimum atomic E-state index is -0.718. The van der Waals surface area contributed by atoms with Gasteiger partial charge in [-0.3, -0.25) is 4.79 Å². The van der Waals surface area contributed by atoms with Gasteiger partial charge in [-0.05, 0) is 55.2 Å². The van der Waals surface area contributed by atoms with Crippen molar-refractivity contribution in [1.82, 2.24) is 4.90 Å². The highest BCUT2D eigenvalue weighted by atomic mass is 16.5. The summed E-state index contributed by atoms with van der Waals surface area (Å²) in [5, 5.41) is 0. The van der Waals surface area contributed by atoms with Crippen LogP contribution in [0.5, 0.6) is 0 Å². The molecule has 1 saturated heterocycles. The van der Waals surface area contributed by atoms with Gasteiger partial charge in [0.05, 0.1) is 19.8 Å². The van der Waals surface area contributed by atoms with Crippen molar-refractivity contribution in [3.05, 3.63) is 47.2 Å². The van der Waals surface area contributed by atoms with Crippen LogP contribution in [-0.4, -0.2) is 44.2 Å². The second kappa shape index (κ2) is 8.47. The Morgan fingerprint density at radius 3 is 2.78 bits per heavy atom. The third-order valence-corrected chi connectivity index (χ3v) is 6.08. The summed E-state index contributed by atoms with van der Waals surface area (Å²) in [6, 6.07) is 8.54. The van der Waals surface area contributed by atoms with Crippen LogP contribution in [0.4, 0.5) is 0 Å². The number of methoxy groups -OCH3 is 2. The molecule has 0 radical (unpaired) electrons. The van der Waals surface area contributed by atoms with Crippen molar-refractivity contribution in [3.63, 3.8) is 0 Å². The standard InChI is InChI=1S/C23H33NO3/c1-17(2)13-14-23(22(25)24-15-7-9-19(24)16-26-3)20-10-6-5-8-18(20)11-12-21(23)27-4/h5-6,8,10,12,17,19H,7,9,11,13-16H2,1-4H3/t19-,23+/m0/s1. The van der Waals surface area contributed by atoms with Gasteiger partial charge in [0.1, 0.15) is 11.2 Å². The van der Waals surface area contributed by atoms with E-state index in [9.17, 15) is 4.79 Å². The fourth-order valence-electron chi connectivity index (χ4n) is 4.69. The zero-order valence-electron chi connectivity index (χ0n) is 17.2. The Bertz CT molecular complexity index is 697. The predicted molar refractivity (Wildman–Crippen MR) is 108 cm³/mol. The van der Waals surface area contributed by atoms with Gasteiger partial charge in [-0.15, -0.1) is 0 Å². The molecule has 1 aromatic rings. The number of nitrogens with zero attached hydrogens (tertiary/aromatic N) is 1. The summed E-state index contributed by atoms with van der Waals surface area (Å²) in [4.78, 5) is 16.2. The summed E-state index contributed by atoms with van der Waals surface area (Å²) < 4.78 is 11.3. The second-order valence-electron chi connectivity index (χ2n) is 8.22. The lowest BCUT2D eigenvalue weighted by atomic mass is 9.68. The molecule has 0 aromatic heterocycles. The SMILES string of the molecule is COC[C@@H]1CCCN1C(=O)[C@@]1(CCC(C)C)C(OC)=CCc2ccccc21. The van der Waals surface area contributed by atoms with Crippen LogP contribution < -0.4 is 0 Å². The summed E-state index contributed by atoms with van der Waals surface area (Å²) in [6.45, 7) is 5.83. The van der Waals surface area contributed by atoms with Crippen molar-refractivity contribution in [2.45, 2.75) is 57.4 Å². The molecule has 0 N–H and O–H groups in total. The van der Waals surface area contributed by atoms with Gasteiger partial charge >= 0.3 is 0 Å². The zero-order chi connectivity index (χ0) is 19.4. The summed E-state index contributed by atoms with van der Waals surface area (Å²) in [7, 11) is 3.42. The highest BCUT2D eigenvalue weighted by Gasteiger charge is 2.51. The lowest BCUT2D eigenvalue weighted by molar-refractivity contribution is -0.139. The van der Waals surface area contributed by atoms with Crippen molar-refractivity contribution in [2.75, 3.05) is 27.4 Å². The normalized spacial score (nSPS) is 24.7. The highest BCUT2D eigenvalue weighted by molar-refractivity contribution is 5.93. The van der Waals surface area contributed by atoms with Crippen LogP contribution in [0.25, 0.3) is 0 Å². The first-order valence-electron chi connectivity index (χ1n) is 10.2. The maximum atomic E-state index is 14.1. The van der Waals surface area contributed by atoms with Gasteiger partial charge < -0.3 is 14.4 Å². The minimum absolute atomic E-state index is 0.158. The van der Waals surface area contributed by atoms with E-state index in [0.717, 1.165) is 50.0 Å². The maximum Gasteiger partial charge on any atom is 0.241 e. The van der Waals surface area contributed by atoms with Gasteiger partial charge in [0.25, 0.3) is 0 Å². The van der Waals surface area contributed by atoms with Crippen molar-refractivity contribution in [2.24, 2.45) is 5.92 Å². The molecule has 1 heterocycles. The molecule has 0 saturated carbocycles. The van der Waals surface area contributed by atoms with Gasteiger partial charge in [0.15, 0.2) is 0 Å². The number of likely N-dealkylation sites (tertiary alicyclic amines) is 1. The number of ether oxygens (including phenoxy) is 2. The Labute approximate surface area is 163 Å². The topological polar surface area (TPSA) is 38.8 Å². The Morgan fingerprint density at radius 1 is 1.30 bits per heavy atom. The molecule has 0 unspecified atom stereocenters. The molecule has 27 heavy (non-hydrogen) atoms. The number of carbonyl (C=O) groups excluding carboxylic acids is 1. The van der Waals surface area contributed by atoms with E-state index in [-0.39, 0.29) is 11.9 Å². The average Bonchev–Trinajstić information content (AvgIpc) is 3.13. The van der Waals surface area contributed by atoms with Crippen LogP contribution >= 0.6 is 0 Å². The monoisotopic (exact) mass is 371 g/mol. The molecule has 1 aromatic carbocycles. The number of fused-ring (bicyclic) bond motifs is 1. The van der Waals surface area contributed by atoms with Gasteiger partial charge in [0, 0.05) is 13.7 Å². The van der Waals surface area contributed by atoms with Crippen molar-refractivity contribution >= 4 is 5.91 Å². The summed E-state index contributed by atoms with van der Waals surface area (Å²) in [5.41, 5.74) is 1.64. The van der Waals surface area contributed by atoms with E-state index in [1.807, 2.05) is 6.07 Å². The summed E-state index contributed by atoms with van der Waals surface area (Å²) in [6.07, 6.45) is 6.72. The van der Waals surface area contributed by atoms with E-state index in [0.29, 0.717) is 12.5 Å². The predicted octanol–water partition coefficient (Wildman–Crippen LogP) is 4.08. The number of carbonyl (C=O) groups is 1. The Balaban J connectivity index is 2.09. The molecule has 148 valence electrons. The molecular formula is C23H33NO3. The van der Waals surface area contributed by atoms with Crippen molar-refractivity contribution in [1.29, 1.82) is 0 Å². The third-order valence-electron chi connectivity index (χ3n) is 6.08. The first-order chi connectivity index (χ1) is 13.0. The molecule has 3 rings (SSSR count). The second-order valence-corrected chi connectivity index (χ2v) is 8.22. The molecule has 4 nitrogen and oxygen atoms in total. The summed E-state index contributed by atoms with van der Waals surface area (Å²) >= 11 is 0. The number of benzene rings is 1. The van der Waals surface area contributed by atoms with E-state index in [2.05, 4.69) is 43.0 Å². The molecule has 1 fully saturated rings. The number of rotatable bonds is 7. The van der Waals surface area contributed by atoms with Crippen LogP contribution in [0.3, 0.4) is 0 Å². The molecule has 1 aliphatic heterocycles. The minimum Gasteiger partial charge on any atom is -0.500 e. The lowest BCUT2D eigenvalue weighted by Crippen LogP contribution is -2.52. The fraction of sp³-hybridized carbons (Fsp3) is 0.609. The number of allylic oxidation sites excluding steroid dienone is 1.